The lowest BCUT2D eigenvalue weighted by Crippen LogP contribution is -2.31. The summed E-state index contributed by atoms with van der Waals surface area (Å²) in [4.78, 5) is 24.3. The summed E-state index contributed by atoms with van der Waals surface area (Å²) in [6.45, 7) is 1.90. The van der Waals surface area contributed by atoms with E-state index in [0.717, 1.165) is 4.90 Å². The molecule has 0 radical (unpaired) electrons. The Bertz CT molecular complexity index is 863. The SMILES string of the molecule is COc1ccc(NC2=CC(=O)N(C(C)=O)C2)cc1N1CCCS1(=O)=O. The predicted octanol–water partition coefficient (Wildman–Crippen LogP) is 0.920. The van der Waals surface area contributed by atoms with Gasteiger partial charge in [-0.05, 0) is 24.6 Å². The lowest BCUT2D eigenvalue weighted by molar-refractivity contribution is -0.138. The van der Waals surface area contributed by atoms with Gasteiger partial charge in [0.2, 0.25) is 15.9 Å². The molecule has 1 N–H and O–H groups in total. The number of imide groups is 1. The number of nitrogens with zero attached hydrogens (tertiary/aromatic N) is 2. The molecule has 25 heavy (non-hydrogen) atoms. The van der Waals surface area contributed by atoms with Gasteiger partial charge in [-0.25, -0.2) is 8.42 Å². The Hall–Kier alpha value is -2.55. The van der Waals surface area contributed by atoms with Crippen LogP contribution in [0.2, 0.25) is 0 Å². The number of anilines is 2. The molecule has 1 aromatic rings. The largest absolute Gasteiger partial charge is 0.495 e. The zero-order valence-electron chi connectivity index (χ0n) is 14.0. The van der Waals surface area contributed by atoms with E-state index in [4.69, 9.17) is 4.74 Å². The van der Waals surface area contributed by atoms with Crippen LogP contribution in [0.3, 0.4) is 0 Å². The Kier molecular flexibility index (Phi) is 4.42. The first-order valence-corrected chi connectivity index (χ1v) is 9.41. The molecule has 0 aromatic heterocycles. The van der Waals surface area contributed by atoms with E-state index < -0.39 is 10.0 Å². The number of nitrogens with one attached hydrogen (secondary N) is 1. The number of amides is 2. The van der Waals surface area contributed by atoms with Gasteiger partial charge in [-0.15, -0.1) is 0 Å². The van der Waals surface area contributed by atoms with Crippen LogP contribution in [0.4, 0.5) is 11.4 Å². The Balaban J connectivity index is 1.87. The highest BCUT2D eigenvalue weighted by atomic mass is 32.2. The highest BCUT2D eigenvalue weighted by molar-refractivity contribution is 7.93. The van der Waals surface area contributed by atoms with Crippen LogP contribution in [0.1, 0.15) is 13.3 Å². The first-order chi connectivity index (χ1) is 11.8. The maximum absolute atomic E-state index is 12.2. The molecular formula is C16H19N3O5S. The minimum atomic E-state index is -3.34. The number of ether oxygens (including phenoxy) is 1. The Morgan fingerprint density at radius 2 is 2.08 bits per heavy atom. The lowest BCUT2D eigenvalue weighted by Gasteiger charge is -2.21. The van der Waals surface area contributed by atoms with Crippen LogP contribution < -0.4 is 14.4 Å². The van der Waals surface area contributed by atoms with Crippen molar-refractivity contribution in [3.8, 4) is 5.75 Å². The van der Waals surface area contributed by atoms with Crippen LogP contribution in [0.25, 0.3) is 0 Å². The third-order valence-corrected chi connectivity index (χ3v) is 5.98. The average molecular weight is 365 g/mol. The Morgan fingerprint density at radius 1 is 1.32 bits per heavy atom. The molecular weight excluding hydrogens is 346 g/mol. The number of methoxy groups -OCH3 is 1. The minimum Gasteiger partial charge on any atom is -0.495 e. The average Bonchev–Trinajstić information content (AvgIpc) is 3.09. The summed E-state index contributed by atoms with van der Waals surface area (Å²) in [7, 11) is -1.86. The quantitative estimate of drug-likeness (QED) is 0.852. The third kappa shape index (κ3) is 3.32. The second kappa shape index (κ2) is 6.40. The van der Waals surface area contributed by atoms with E-state index in [1.165, 1.54) is 24.4 Å². The van der Waals surface area contributed by atoms with Crippen molar-refractivity contribution < 1.29 is 22.7 Å². The topological polar surface area (TPSA) is 96.0 Å². The van der Waals surface area contributed by atoms with Crippen molar-refractivity contribution in [2.24, 2.45) is 0 Å². The Morgan fingerprint density at radius 3 is 2.64 bits per heavy atom. The molecule has 2 aliphatic heterocycles. The van der Waals surface area contributed by atoms with Gasteiger partial charge in [0.15, 0.2) is 0 Å². The predicted molar refractivity (Wildman–Crippen MR) is 92.8 cm³/mol. The first-order valence-electron chi connectivity index (χ1n) is 7.80. The van der Waals surface area contributed by atoms with Crippen molar-refractivity contribution in [2.45, 2.75) is 13.3 Å². The van der Waals surface area contributed by atoms with Crippen LogP contribution in [0.15, 0.2) is 30.0 Å². The monoisotopic (exact) mass is 365 g/mol. The second-order valence-corrected chi connectivity index (χ2v) is 7.88. The molecule has 2 amide bonds. The van der Waals surface area contributed by atoms with Gasteiger partial charge < -0.3 is 10.1 Å². The van der Waals surface area contributed by atoms with E-state index in [0.29, 0.717) is 35.8 Å². The van der Waals surface area contributed by atoms with Crippen molar-refractivity contribution in [3.05, 3.63) is 30.0 Å². The van der Waals surface area contributed by atoms with Crippen molar-refractivity contribution in [1.82, 2.24) is 4.90 Å². The molecule has 0 unspecified atom stereocenters. The van der Waals surface area contributed by atoms with Gasteiger partial charge in [0.25, 0.3) is 5.91 Å². The lowest BCUT2D eigenvalue weighted by atomic mass is 10.2. The third-order valence-electron chi connectivity index (χ3n) is 4.12. The van der Waals surface area contributed by atoms with Crippen molar-refractivity contribution >= 4 is 33.2 Å². The van der Waals surface area contributed by atoms with Gasteiger partial charge in [0, 0.05) is 30.9 Å². The zero-order chi connectivity index (χ0) is 18.2. The number of hydrogen-bond acceptors (Lipinski definition) is 6. The van der Waals surface area contributed by atoms with Crippen LogP contribution in [0.5, 0.6) is 5.75 Å². The van der Waals surface area contributed by atoms with E-state index in [2.05, 4.69) is 5.32 Å². The van der Waals surface area contributed by atoms with E-state index in [1.807, 2.05) is 0 Å². The molecule has 0 atom stereocenters. The number of hydrogen-bond donors (Lipinski definition) is 1. The molecule has 1 aromatic carbocycles. The van der Waals surface area contributed by atoms with Crippen LogP contribution in [-0.4, -0.2) is 51.1 Å². The summed E-state index contributed by atoms with van der Waals surface area (Å²) >= 11 is 0. The second-order valence-electron chi connectivity index (χ2n) is 5.87. The van der Waals surface area contributed by atoms with Crippen LogP contribution in [0, 0.1) is 0 Å². The highest BCUT2D eigenvalue weighted by Gasteiger charge is 2.31. The van der Waals surface area contributed by atoms with Gasteiger partial charge in [0.1, 0.15) is 5.75 Å². The highest BCUT2D eigenvalue weighted by Crippen LogP contribution is 2.35. The summed E-state index contributed by atoms with van der Waals surface area (Å²) in [5.41, 5.74) is 1.64. The molecule has 0 saturated carbocycles. The van der Waals surface area contributed by atoms with Gasteiger partial charge in [0.05, 0.1) is 25.1 Å². The molecule has 2 heterocycles. The fourth-order valence-electron chi connectivity index (χ4n) is 2.92. The molecule has 3 rings (SSSR count). The van der Waals surface area contributed by atoms with Gasteiger partial charge in [-0.3, -0.25) is 18.8 Å². The Labute approximate surface area is 146 Å². The molecule has 134 valence electrons. The molecule has 8 nitrogen and oxygen atoms in total. The summed E-state index contributed by atoms with van der Waals surface area (Å²) < 4.78 is 31.0. The molecule has 1 fully saturated rings. The number of carbonyl (C=O) groups is 2. The van der Waals surface area contributed by atoms with Gasteiger partial charge in [-0.2, -0.15) is 0 Å². The van der Waals surface area contributed by atoms with E-state index in [1.54, 1.807) is 18.2 Å². The molecule has 0 bridgehead atoms. The molecule has 0 aliphatic carbocycles. The van der Waals surface area contributed by atoms with Gasteiger partial charge in [-0.1, -0.05) is 0 Å². The summed E-state index contributed by atoms with van der Waals surface area (Å²) in [6, 6.07) is 5.07. The van der Waals surface area contributed by atoms with Crippen LogP contribution >= 0.6 is 0 Å². The van der Waals surface area contributed by atoms with Crippen molar-refractivity contribution in [2.75, 3.05) is 35.6 Å². The van der Waals surface area contributed by atoms with Crippen LogP contribution in [-0.2, 0) is 19.6 Å². The van der Waals surface area contributed by atoms with Crippen molar-refractivity contribution in [3.63, 3.8) is 0 Å². The number of benzene rings is 1. The summed E-state index contributed by atoms with van der Waals surface area (Å²) in [5.74, 6) is -0.124. The fraction of sp³-hybridized carbons (Fsp3) is 0.375. The summed E-state index contributed by atoms with van der Waals surface area (Å²) in [5, 5.41) is 3.07. The molecule has 0 spiro atoms. The zero-order valence-corrected chi connectivity index (χ0v) is 14.8. The fourth-order valence-corrected chi connectivity index (χ4v) is 4.49. The molecule has 1 saturated heterocycles. The number of sulfonamides is 1. The first kappa shape index (κ1) is 17.3. The normalized spacial score (nSPS) is 19.1. The standard InChI is InChI=1S/C16H19N3O5S/c1-11(20)18-10-13(9-16(18)21)17-12-4-5-15(24-2)14(8-12)19-6-3-7-25(19,22)23/h4-5,8-9,17H,3,6-7,10H2,1-2H3. The summed E-state index contributed by atoms with van der Waals surface area (Å²) in [6.07, 6.45) is 1.92. The van der Waals surface area contributed by atoms with Crippen molar-refractivity contribution in [1.29, 1.82) is 0 Å². The maximum Gasteiger partial charge on any atom is 0.255 e. The number of carbonyl (C=O) groups excluding carboxylic acids is 2. The molecule has 2 aliphatic rings. The van der Waals surface area contributed by atoms with Gasteiger partial charge >= 0.3 is 0 Å². The smallest absolute Gasteiger partial charge is 0.255 e. The van der Waals surface area contributed by atoms with E-state index >= 15 is 0 Å². The molecule has 9 heteroatoms. The minimum absolute atomic E-state index is 0.112. The maximum atomic E-state index is 12.2. The van der Waals surface area contributed by atoms with E-state index in [9.17, 15) is 18.0 Å². The number of rotatable bonds is 4. The van der Waals surface area contributed by atoms with E-state index in [-0.39, 0.29) is 24.1 Å².